The lowest BCUT2D eigenvalue weighted by Crippen LogP contribution is -1.95. The highest BCUT2D eigenvalue weighted by atomic mass is 32.2. The van der Waals surface area contributed by atoms with Crippen molar-refractivity contribution in [2.45, 2.75) is 17.9 Å². The first kappa shape index (κ1) is 16.4. The van der Waals surface area contributed by atoms with Gasteiger partial charge in [-0.1, -0.05) is 90.6 Å². The van der Waals surface area contributed by atoms with Crippen LogP contribution >= 0.6 is 11.8 Å². The molecule has 0 saturated carbocycles. The van der Waals surface area contributed by atoms with Crippen LogP contribution in [0.1, 0.15) is 24.2 Å². The van der Waals surface area contributed by atoms with Crippen molar-refractivity contribution >= 4 is 16.7 Å². The predicted octanol–water partition coefficient (Wildman–Crippen LogP) is 6.56. The number of ether oxygens (including phenoxy) is 1. The monoisotopic (exact) mass is 332 g/mol. The van der Waals surface area contributed by atoms with Gasteiger partial charge in [0.15, 0.2) is 0 Å². The Morgan fingerprint density at radius 3 is 1.96 bits per heavy atom. The summed E-state index contributed by atoms with van der Waals surface area (Å²) < 4.78 is 6.03. The topological polar surface area (TPSA) is 9.23 Å². The average Bonchev–Trinajstić information content (AvgIpc) is 2.67. The largest absolute Gasteiger partial charge is 0.492 e. The molecule has 0 saturated heterocycles. The van der Waals surface area contributed by atoms with Crippen molar-refractivity contribution in [3.8, 4) is 0 Å². The van der Waals surface area contributed by atoms with E-state index >= 15 is 0 Å². The summed E-state index contributed by atoms with van der Waals surface area (Å²) in [6, 6.07) is 31.0. The van der Waals surface area contributed by atoms with Gasteiger partial charge in [0.25, 0.3) is 0 Å². The lowest BCUT2D eigenvalue weighted by molar-refractivity contribution is 0.166. The minimum atomic E-state index is 0.0151. The molecule has 0 bridgehead atoms. The second-order valence-corrected chi connectivity index (χ2v) is 6.57. The Hall–Kier alpha value is -2.45. The normalized spacial score (nSPS) is 12.6. The summed E-state index contributed by atoms with van der Waals surface area (Å²) in [6.45, 7) is 2.07. The van der Waals surface area contributed by atoms with E-state index in [1.54, 1.807) is 11.8 Å². The minimum absolute atomic E-state index is 0.0151. The van der Waals surface area contributed by atoms with E-state index in [9.17, 15) is 0 Å². The first-order chi connectivity index (χ1) is 11.8. The zero-order chi connectivity index (χ0) is 16.6. The van der Waals surface area contributed by atoms with E-state index in [0.29, 0.717) is 0 Å². The van der Waals surface area contributed by atoms with Crippen molar-refractivity contribution in [1.82, 2.24) is 0 Å². The average molecular weight is 332 g/mol. The van der Waals surface area contributed by atoms with Crippen LogP contribution in [0.3, 0.4) is 0 Å². The standard InChI is InChI=1S/C22H20OS/c1-18(19-11-5-2-6-12-19)23-17-22(20-13-7-3-8-14-20)24-21-15-9-4-10-16-21/h2-18H,1H3/b22-17-. The first-order valence-electron chi connectivity index (χ1n) is 8.02. The molecule has 2 heteroatoms. The van der Waals surface area contributed by atoms with E-state index in [-0.39, 0.29) is 6.10 Å². The smallest absolute Gasteiger partial charge is 0.120 e. The zero-order valence-electron chi connectivity index (χ0n) is 13.6. The van der Waals surface area contributed by atoms with Gasteiger partial charge in [0.05, 0.1) is 11.2 Å². The predicted molar refractivity (Wildman–Crippen MR) is 103 cm³/mol. The van der Waals surface area contributed by atoms with Crippen LogP contribution in [0, 0.1) is 0 Å². The van der Waals surface area contributed by atoms with Gasteiger partial charge in [-0.2, -0.15) is 0 Å². The Balaban J connectivity index is 1.81. The Morgan fingerprint density at radius 1 is 0.792 bits per heavy atom. The molecule has 1 unspecified atom stereocenters. The zero-order valence-corrected chi connectivity index (χ0v) is 14.4. The van der Waals surface area contributed by atoms with Gasteiger partial charge in [-0.05, 0) is 30.2 Å². The summed E-state index contributed by atoms with van der Waals surface area (Å²) in [5.74, 6) is 0. The molecule has 3 rings (SSSR count). The van der Waals surface area contributed by atoms with Crippen LogP contribution in [-0.4, -0.2) is 0 Å². The van der Waals surface area contributed by atoms with E-state index in [0.717, 1.165) is 10.5 Å². The molecule has 24 heavy (non-hydrogen) atoms. The number of benzene rings is 3. The maximum Gasteiger partial charge on any atom is 0.120 e. The van der Waals surface area contributed by atoms with Gasteiger partial charge in [0.1, 0.15) is 6.10 Å². The summed E-state index contributed by atoms with van der Waals surface area (Å²) in [5.41, 5.74) is 2.33. The van der Waals surface area contributed by atoms with Crippen LogP contribution in [0.15, 0.2) is 102 Å². The molecule has 1 atom stereocenters. The third-order valence-electron chi connectivity index (χ3n) is 3.68. The number of hydrogen-bond donors (Lipinski definition) is 0. The molecule has 0 fully saturated rings. The van der Waals surface area contributed by atoms with Gasteiger partial charge in [0, 0.05) is 4.90 Å². The second kappa shape index (κ2) is 8.42. The molecule has 120 valence electrons. The molecule has 0 heterocycles. The summed E-state index contributed by atoms with van der Waals surface area (Å²) in [4.78, 5) is 2.30. The lowest BCUT2D eigenvalue weighted by atomic mass is 10.1. The number of rotatable bonds is 6. The molecule has 0 aliphatic carbocycles. The maximum absolute atomic E-state index is 6.03. The Kier molecular flexibility index (Phi) is 5.75. The minimum Gasteiger partial charge on any atom is -0.492 e. The Morgan fingerprint density at radius 2 is 1.33 bits per heavy atom. The van der Waals surface area contributed by atoms with E-state index in [1.165, 1.54) is 10.5 Å². The highest BCUT2D eigenvalue weighted by Gasteiger charge is 2.08. The fraction of sp³-hybridized carbons (Fsp3) is 0.0909. The summed E-state index contributed by atoms with van der Waals surface area (Å²) >= 11 is 1.72. The molecule has 1 nitrogen and oxygen atoms in total. The van der Waals surface area contributed by atoms with Crippen LogP contribution < -0.4 is 0 Å². The fourth-order valence-electron chi connectivity index (χ4n) is 2.34. The van der Waals surface area contributed by atoms with Crippen molar-refractivity contribution in [1.29, 1.82) is 0 Å². The molecule has 0 aliphatic rings. The summed E-state index contributed by atoms with van der Waals surface area (Å²) in [6.07, 6.45) is 1.89. The van der Waals surface area contributed by atoms with Gasteiger partial charge in [-0.3, -0.25) is 0 Å². The van der Waals surface area contributed by atoms with Crippen LogP contribution in [0.5, 0.6) is 0 Å². The lowest BCUT2D eigenvalue weighted by Gasteiger charge is -2.14. The first-order valence-corrected chi connectivity index (χ1v) is 8.83. The second-order valence-electron chi connectivity index (χ2n) is 5.45. The summed E-state index contributed by atoms with van der Waals surface area (Å²) in [7, 11) is 0. The fourth-order valence-corrected chi connectivity index (χ4v) is 3.24. The highest BCUT2D eigenvalue weighted by molar-refractivity contribution is 8.08. The number of hydrogen-bond acceptors (Lipinski definition) is 2. The quantitative estimate of drug-likeness (QED) is 0.373. The third kappa shape index (κ3) is 4.53. The van der Waals surface area contributed by atoms with E-state index in [1.807, 2.05) is 36.6 Å². The van der Waals surface area contributed by atoms with E-state index < -0.39 is 0 Å². The van der Waals surface area contributed by atoms with Crippen LogP contribution in [0.2, 0.25) is 0 Å². The van der Waals surface area contributed by atoms with Crippen LogP contribution in [0.4, 0.5) is 0 Å². The Bertz CT molecular complexity index is 767. The maximum atomic E-state index is 6.03. The highest BCUT2D eigenvalue weighted by Crippen LogP contribution is 2.34. The third-order valence-corrected chi connectivity index (χ3v) is 4.74. The Labute approximate surface area is 148 Å². The van der Waals surface area contributed by atoms with E-state index in [4.69, 9.17) is 4.74 Å². The molecule has 0 aliphatic heterocycles. The summed E-state index contributed by atoms with van der Waals surface area (Å²) in [5, 5.41) is 0. The van der Waals surface area contributed by atoms with Crippen molar-refractivity contribution < 1.29 is 4.74 Å². The van der Waals surface area contributed by atoms with Gasteiger partial charge >= 0.3 is 0 Å². The molecule has 0 spiro atoms. The van der Waals surface area contributed by atoms with Gasteiger partial charge < -0.3 is 4.74 Å². The molecular weight excluding hydrogens is 312 g/mol. The van der Waals surface area contributed by atoms with Crippen molar-refractivity contribution in [3.05, 3.63) is 108 Å². The molecule has 0 amide bonds. The molecule has 0 radical (unpaired) electrons. The van der Waals surface area contributed by atoms with Crippen molar-refractivity contribution in [3.63, 3.8) is 0 Å². The van der Waals surface area contributed by atoms with E-state index in [2.05, 4.69) is 67.6 Å². The van der Waals surface area contributed by atoms with Crippen molar-refractivity contribution in [2.75, 3.05) is 0 Å². The SMILES string of the molecule is CC(O/C=C(\Sc1ccccc1)c1ccccc1)c1ccccc1. The van der Waals surface area contributed by atoms with Gasteiger partial charge in [0.2, 0.25) is 0 Å². The molecule has 3 aromatic rings. The molecule has 3 aromatic carbocycles. The number of thioether (sulfide) groups is 1. The van der Waals surface area contributed by atoms with Gasteiger partial charge in [-0.15, -0.1) is 0 Å². The van der Waals surface area contributed by atoms with Crippen LogP contribution in [-0.2, 0) is 4.74 Å². The van der Waals surface area contributed by atoms with Crippen LogP contribution in [0.25, 0.3) is 4.91 Å². The molecule has 0 aromatic heterocycles. The molecule has 0 N–H and O–H groups in total. The molecular formula is C22H20OS. The van der Waals surface area contributed by atoms with Gasteiger partial charge in [-0.25, -0.2) is 0 Å². The van der Waals surface area contributed by atoms with Crippen molar-refractivity contribution in [2.24, 2.45) is 0 Å².